The molecule has 1 amide bonds. The van der Waals surface area contributed by atoms with Crippen molar-refractivity contribution in [1.29, 1.82) is 0 Å². The first-order chi connectivity index (χ1) is 14.0. The van der Waals surface area contributed by atoms with Crippen molar-refractivity contribution in [1.82, 2.24) is 10.2 Å². The van der Waals surface area contributed by atoms with Gasteiger partial charge in [-0.1, -0.05) is 60.4 Å². The summed E-state index contributed by atoms with van der Waals surface area (Å²) in [6.07, 6.45) is 3.83. The molecule has 0 aliphatic carbocycles. The maximum Gasteiger partial charge on any atom is 0.240 e. The van der Waals surface area contributed by atoms with E-state index in [0.717, 1.165) is 6.54 Å². The van der Waals surface area contributed by atoms with Crippen LogP contribution in [-0.4, -0.2) is 43.7 Å². The lowest BCUT2D eigenvalue weighted by Crippen LogP contribution is -2.46. The molecule has 1 N–H and O–H groups in total. The van der Waals surface area contributed by atoms with E-state index in [1.54, 1.807) is 0 Å². The van der Waals surface area contributed by atoms with E-state index in [4.69, 9.17) is 4.74 Å². The van der Waals surface area contributed by atoms with Crippen molar-refractivity contribution in [2.45, 2.75) is 26.8 Å². The van der Waals surface area contributed by atoms with Crippen molar-refractivity contribution in [3.05, 3.63) is 60.2 Å². The van der Waals surface area contributed by atoms with Gasteiger partial charge in [0.15, 0.2) is 0 Å². The molecule has 1 heterocycles. The van der Waals surface area contributed by atoms with Gasteiger partial charge >= 0.3 is 0 Å². The molecule has 0 spiro atoms. The monoisotopic (exact) mass is 390 g/mol. The molecule has 0 aromatic heterocycles. The number of hydrogen-bond acceptors (Lipinski definition) is 3. The molecule has 0 bridgehead atoms. The average Bonchev–Trinajstić information content (AvgIpc) is 2.75. The van der Waals surface area contributed by atoms with Crippen LogP contribution in [0.5, 0.6) is 0 Å². The molecular formula is C25H30N2O2. The summed E-state index contributed by atoms with van der Waals surface area (Å²) in [5, 5.41) is 6.06. The molecule has 0 radical (unpaired) electrons. The van der Waals surface area contributed by atoms with Crippen molar-refractivity contribution < 1.29 is 9.53 Å². The Hall–Kier alpha value is -2.61. The number of ether oxygens (including phenoxy) is 1. The van der Waals surface area contributed by atoms with Crippen LogP contribution in [0.1, 0.15) is 32.4 Å². The SMILES string of the molecule is C[C@@H](NCC=CC#CC(C)(C)C(=O)N1CCOCC1)c1cccc2ccccc12. The molecule has 0 unspecified atom stereocenters. The quantitative estimate of drug-likeness (QED) is 0.787. The molecule has 1 saturated heterocycles. The first-order valence-electron chi connectivity index (χ1n) is 10.2. The van der Waals surface area contributed by atoms with Gasteiger partial charge in [0, 0.05) is 25.7 Å². The summed E-state index contributed by atoms with van der Waals surface area (Å²) in [4.78, 5) is 14.5. The first-order valence-corrected chi connectivity index (χ1v) is 10.2. The third-order valence-electron chi connectivity index (χ3n) is 5.25. The number of carbonyl (C=O) groups excluding carboxylic acids is 1. The molecule has 4 nitrogen and oxygen atoms in total. The second-order valence-electron chi connectivity index (χ2n) is 7.90. The van der Waals surface area contributed by atoms with Gasteiger partial charge in [-0.3, -0.25) is 4.79 Å². The molecule has 1 atom stereocenters. The number of allylic oxidation sites excluding steroid dienone is 1. The van der Waals surface area contributed by atoms with Gasteiger partial charge in [-0.15, -0.1) is 0 Å². The summed E-state index contributed by atoms with van der Waals surface area (Å²) in [7, 11) is 0. The molecule has 0 saturated carbocycles. The molecule has 152 valence electrons. The Morgan fingerprint density at radius 3 is 2.72 bits per heavy atom. The molecular weight excluding hydrogens is 360 g/mol. The summed E-state index contributed by atoms with van der Waals surface area (Å²) in [6, 6.07) is 15.1. The molecule has 3 rings (SSSR count). The Morgan fingerprint density at radius 2 is 1.93 bits per heavy atom. The lowest BCUT2D eigenvalue weighted by Gasteiger charge is -2.31. The predicted molar refractivity (Wildman–Crippen MR) is 118 cm³/mol. The number of nitrogens with one attached hydrogen (secondary N) is 1. The van der Waals surface area contributed by atoms with Crippen LogP contribution in [0.3, 0.4) is 0 Å². The van der Waals surface area contributed by atoms with E-state index in [-0.39, 0.29) is 11.9 Å². The topological polar surface area (TPSA) is 41.6 Å². The van der Waals surface area contributed by atoms with E-state index < -0.39 is 5.41 Å². The van der Waals surface area contributed by atoms with Gasteiger partial charge < -0.3 is 15.0 Å². The standard InChI is InChI=1S/C25H30N2O2/c1-20(22-13-9-11-21-10-5-6-12-23(21)22)26-15-8-4-7-14-25(2,3)24(28)27-16-18-29-19-17-27/h4-6,8-13,20,26H,15-19H2,1-3H3/t20-/m1/s1. The van der Waals surface area contributed by atoms with Gasteiger partial charge in [0.1, 0.15) is 5.41 Å². The van der Waals surface area contributed by atoms with Gasteiger partial charge in [0.2, 0.25) is 5.91 Å². The van der Waals surface area contributed by atoms with Crippen LogP contribution in [-0.2, 0) is 9.53 Å². The second kappa shape index (κ2) is 9.73. The van der Waals surface area contributed by atoms with Crippen LogP contribution < -0.4 is 5.32 Å². The predicted octanol–water partition coefficient (Wildman–Crippen LogP) is 3.94. The molecule has 4 heteroatoms. The normalized spacial score (nSPS) is 15.9. The summed E-state index contributed by atoms with van der Waals surface area (Å²) in [5.41, 5.74) is 0.602. The van der Waals surface area contributed by atoms with Crippen LogP contribution in [0.25, 0.3) is 10.8 Å². The fourth-order valence-electron chi connectivity index (χ4n) is 3.54. The minimum absolute atomic E-state index is 0.0735. The zero-order valence-electron chi connectivity index (χ0n) is 17.6. The van der Waals surface area contributed by atoms with Gasteiger partial charge in [0.05, 0.1) is 13.2 Å². The number of nitrogens with zero attached hydrogens (tertiary/aromatic N) is 1. The number of benzene rings is 2. The van der Waals surface area contributed by atoms with E-state index >= 15 is 0 Å². The minimum Gasteiger partial charge on any atom is -0.378 e. The fourth-order valence-corrected chi connectivity index (χ4v) is 3.54. The Kier molecular flexibility index (Phi) is 7.09. The van der Waals surface area contributed by atoms with Gasteiger partial charge in [0.25, 0.3) is 0 Å². The number of carbonyl (C=O) groups is 1. The third kappa shape index (κ3) is 5.47. The van der Waals surface area contributed by atoms with Crippen LogP contribution in [0, 0.1) is 17.3 Å². The zero-order chi connectivity index (χ0) is 20.7. The van der Waals surface area contributed by atoms with Crippen molar-refractivity contribution in [3.63, 3.8) is 0 Å². The molecule has 2 aromatic carbocycles. The van der Waals surface area contributed by atoms with E-state index in [0.29, 0.717) is 26.3 Å². The van der Waals surface area contributed by atoms with Crippen LogP contribution >= 0.6 is 0 Å². The number of rotatable bonds is 5. The van der Waals surface area contributed by atoms with Crippen molar-refractivity contribution in [3.8, 4) is 11.8 Å². The first kappa shape index (κ1) is 21.1. The fraction of sp³-hybridized carbons (Fsp3) is 0.400. The average molecular weight is 391 g/mol. The van der Waals surface area contributed by atoms with Crippen LogP contribution in [0.2, 0.25) is 0 Å². The highest BCUT2D eigenvalue weighted by Crippen LogP contribution is 2.24. The zero-order valence-corrected chi connectivity index (χ0v) is 17.6. The van der Waals surface area contributed by atoms with E-state index in [1.807, 2.05) is 30.9 Å². The summed E-state index contributed by atoms with van der Waals surface area (Å²) < 4.78 is 5.31. The molecule has 1 fully saturated rings. The van der Waals surface area contributed by atoms with Gasteiger partial charge in [-0.25, -0.2) is 0 Å². The Balaban J connectivity index is 1.53. The van der Waals surface area contributed by atoms with E-state index in [1.165, 1.54) is 16.3 Å². The van der Waals surface area contributed by atoms with E-state index in [2.05, 4.69) is 66.5 Å². The summed E-state index contributed by atoms with van der Waals surface area (Å²) in [5.74, 6) is 6.22. The number of fused-ring (bicyclic) bond motifs is 1. The highest BCUT2D eigenvalue weighted by atomic mass is 16.5. The second-order valence-corrected chi connectivity index (χ2v) is 7.90. The highest BCUT2D eigenvalue weighted by Gasteiger charge is 2.31. The third-order valence-corrected chi connectivity index (χ3v) is 5.25. The van der Waals surface area contributed by atoms with Crippen molar-refractivity contribution >= 4 is 16.7 Å². The highest BCUT2D eigenvalue weighted by molar-refractivity contribution is 5.86. The Bertz CT molecular complexity index is 925. The smallest absolute Gasteiger partial charge is 0.240 e. The maximum atomic E-state index is 12.6. The van der Waals surface area contributed by atoms with Gasteiger partial charge in [-0.2, -0.15) is 0 Å². The molecule has 1 aliphatic rings. The van der Waals surface area contributed by atoms with Crippen molar-refractivity contribution in [2.75, 3.05) is 32.8 Å². The van der Waals surface area contributed by atoms with Gasteiger partial charge in [-0.05, 0) is 43.2 Å². The van der Waals surface area contributed by atoms with Crippen LogP contribution in [0.4, 0.5) is 0 Å². The Labute approximate surface area is 173 Å². The van der Waals surface area contributed by atoms with Crippen LogP contribution in [0.15, 0.2) is 54.6 Å². The number of morpholine rings is 1. The Morgan fingerprint density at radius 1 is 1.21 bits per heavy atom. The maximum absolute atomic E-state index is 12.6. The van der Waals surface area contributed by atoms with E-state index in [9.17, 15) is 4.79 Å². The lowest BCUT2D eigenvalue weighted by molar-refractivity contribution is -0.141. The largest absolute Gasteiger partial charge is 0.378 e. The number of amides is 1. The molecule has 2 aromatic rings. The lowest BCUT2D eigenvalue weighted by atomic mass is 9.92. The van der Waals surface area contributed by atoms with Crippen molar-refractivity contribution in [2.24, 2.45) is 5.41 Å². The molecule has 1 aliphatic heterocycles. The minimum atomic E-state index is -0.689. The molecule has 29 heavy (non-hydrogen) atoms. The number of hydrogen-bond donors (Lipinski definition) is 1. The summed E-state index contributed by atoms with van der Waals surface area (Å²) in [6.45, 7) is 9.16. The summed E-state index contributed by atoms with van der Waals surface area (Å²) >= 11 is 0.